The van der Waals surface area contributed by atoms with Crippen LogP contribution < -0.4 is 10.9 Å². The maximum Gasteiger partial charge on any atom is 0.258 e. The van der Waals surface area contributed by atoms with E-state index < -0.39 is 0 Å². The number of rotatable bonds is 6. The van der Waals surface area contributed by atoms with Crippen LogP contribution in [-0.2, 0) is 19.4 Å². The quantitative estimate of drug-likeness (QED) is 0.708. The number of pyridine rings is 2. The number of anilines is 1. The number of aromatic nitrogens is 2. The minimum absolute atomic E-state index is 0.148. The molecule has 0 aliphatic carbocycles. The largest absolute Gasteiger partial charge is 0.315 e. The molecule has 5 nitrogen and oxygen atoms in total. The molecule has 0 atom stereocenters. The lowest BCUT2D eigenvalue weighted by Crippen LogP contribution is -2.21. The summed E-state index contributed by atoms with van der Waals surface area (Å²) in [5, 5.41) is 2.72. The van der Waals surface area contributed by atoms with E-state index in [0.717, 1.165) is 23.1 Å². The molecule has 0 aliphatic rings. The monoisotopic (exact) mass is 379 g/mol. The lowest BCUT2D eigenvalue weighted by Gasteiger charge is -2.08. The van der Waals surface area contributed by atoms with Gasteiger partial charge in [0.25, 0.3) is 11.5 Å². The van der Waals surface area contributed by atoms with Crippen LogP contribution in [0, 0.1) is 5.82 Å². The lowest BCUT2D eigenvalue weighted by molar-refractivity contribution is 0.102. The summed E-state index contributed by atoms with van der Waals surface area (Å²) in [6.07, 6.45) is 4.53. The average molecular weight is 379 g/mol. The molecule has 1 amide bonds. The fourth-order valence-corrected chi connectivity index (χ4v) is 2.96. The van der Waals surface area contributed by atoms with Crippen LogP contribution in [0.1, 0.15) is 40.9 Å². The third-order valence-electron chi connectivity index (χ3n) is 4.49. The summed E-state index contributed by atoms with van der Waals surface area (Å²) in [4.78, 5) is 28.3. The van der Waals surface area contributed by atoms with Crippen LogP contribution in [0.2, 0.25) is 0 Å². The molecule has 0 saturated carbocycles. The predicted molar refractivity (Wildman–Crippen MR) is 107 cm³/mol. The van der Waals surface area contributed by atoms with E-state index in [1.807, 2.05) is 26.0 Å². The van der Waals surface area contributed by atoms with Gasteiger partial charge in [0.05, 0.1) is 5.56 Å². The Morgan fingerprint density at radius 2 is 1.86 bits per heavy atom. The van der Waals surface area contributed by atoms with E-state index >= 15 is 0 Å². The maximum atomic E-state index is 13.7. The first-order valence-corrected chi connectivity index (χ1v) is 9.23. The van der Waals surface area contributed by atoms with Crippen molar-refractivity contribution < 1.29 is 9.18 Å². The zero-order valence-electron chi connectivity index (χ0n) is 15.9. The Bertz CT molecular complexity index is 1040. The van der Waals surface area contributed by atoms with E-state index in [-0.39, 0.29) is 17.3 Å². The van der Waals surface area contributed by atoms with Crippen molar-refractivity contribution in [1.82, 2.24) is 9.55 Å². The van der Waals surface area contributed by atoms with Crippen molar-refractivity contribution in [3.05, 3.63) is 93.3 Å². The summed E-state index contributed by atoms with van der Waals surface area (Å²) < 4.78 is 15.1. The fourth-order valence-electron chi connectivity index (χ4n) is 2.96. The van der Waals surface area contributed by atoms with E-state index in [0.29, 0.717) is 24.3 Å². The number of benzene rings is 1. The first-order valence-electron chi connectivity index (χ1n) is 9.23. The molecule has 2 heterocycles. The summed E-state index contributed by atoms with van der Waals surface area (Å²) >= 11 is 0. The van der Waals surface area contributed by atoms with Crippen molar-refractivity contribution in [2.24, 2.45) is 0 Å². The van der Waals surface area contributed by atoms with Crippen LogP contribution in [0.25, 0.3) is 0 Å². The van der Waals surface area contributed by atoms with E-state index in [9.17, 15) is 14.0 Å². The zero-order valence-corrected chi connectivity index (χ0v) is 15.9. The molecule has 0 spiro atoms. The summed E-state index contributed by atoms with van der Waals surface area (Å²) in [5.74, 6) is -0.156. The Kier molecular flexibility index (Phi) is 5.99. The number of amides is 1. The number of aryl methyl sites for hydroxylation is 2. The Hall–Kier alpha value is -3.28. The van der Waals surface area contributed by atoms with Gasteiger partial charge in [-0.05, 0) is 60.7 Å². The number of hydrogen-bond acceptors (Lipinski definition) is 3. The summed E-state index contributed by atoms with van der Waals surface area (Å²) in [7, 11) is 0. The Morgan fingerprint density at radius 3 is 2.54 bits per heavy atom. The normalized spacial score (nSPS) is 10.7. The topological polar surface area (TPSA) is 64.0 Å². The summed E-state index contributed by atoms with van der Waals surface area (Å²) in [6.45, 7) is 4.32. The first kappa shape index (κ1) is 19.5. The molecule has 3 rings (SSSR count). The van der Waals surface area contributed by atoms with E-state index in [1.165, 1.54) is 29.0 Å². The second kappa shape index (κ2) is 8.61. The molecule has 3 aromatic rings. The highest BCUT2D eigenvalue weighted by molar-refractivity contribution is 6.03. The molecule has 0 radical (unpaired) electrons. The van der Waals surface area contributed by atoms with Gasteiger partial charge in [-0.15, -0.1) is 0 Å². The molecule has 0 unspecified atom stereocenters. The number of carbonyl (C=O) groups is 1. The second-order valence-electron chi connectivity index (χ2n) is 6.55. The van der Waals surface area contributed by atoms with Crippen LogP contribution >= 0.6 is 0 Å². The molecule has 6 heteroatoms. The third-order valence-corrected chi connectivity index (χ3v) is 4.49. The molecule has 28 heavy (non-hydrogen) atoms. The standard InChI is InChI=1S/C22H22FN3O2/c1-3-15-9-17(12-19(23)11-15)10-16-5-7-20(24-13-16)25-22(28)18-6-8-21(27)26(4-2)14-18/h5-9,11-14H,3-4,10H2,1-2H3,(H,24,25,28). The molecule has 2 aromatic heterocycles. The van der Waals surface area contributed by atoms with Gasteiger partial charge in [0.2, 0.25) is 0 Å². The second-order valence-corrected chi connectivity index (χ2v) is 6.55. The zero-order chi connectivity index (χ0) is 20.1. The van der Waals surface area contributed by atoms with Crippen molar-refractivity contribution in [2.75, 3.05) is 5.32 Å². The number of nitrogens with zero attached hydrogens (tertiary/aromatic N) is 2. The van der Waals surface area contributed by atoms with Crippen LogP contribution in [0.15, 0.2) is 59.7 Å². The van der Waals surface area contributed by atoms with Crippen LogP contribution in [0.3, 0.4) is 0 Å². The maximum absolute atomic E-state index is 13.7. The molecule has 0 fully saturated rings. The van der Waals surface area contributed by atoms with Gasteiger partial charge in [0, 0.05) is 25.0 Å². The van der Waals surface area contributed by atoms with Crippen molar-refractivity contribution >= 4 is 11.7 Å². The Morgan fingerprint density at radius 1 is 1.07 bits per heavy atom. The number of nitrogens with one attached hydrogen (secondary N) is 1. The van der Waals surface area contributed by atoms with Gasteiger partial charge in [-0.25, -0.2) is 9.37 Å². The minimum atomic E-state index is -0.333. The van der Waals surface area contributed by atoms with Gasteiger partial charge in [-0.3, -0.25) is 9.59 Å². The third kappa shape index (κ3) is 4.71. The fraction of sp³-hybridized carbons (Fsp3) is 0.227. The van der Waals surface area contributed by atoms with Crippen LogP contribution in [0.4, 0.5) is 10.2 Å². The van der Waals surface area contributed by atoms with Crippen molar-refractivity contribution in [3.8, 4) is 0 Å². The lowest BCUT2D eigenvalue weighted by atomic mass is 10.0. The SMILES string of the molecule is CCc1cc(F)cc(Cc2ccc(NC(=O)c3ccc(=O)n(CC)c3)nc2)c1. The van der Waals surface area contributed by atoms with E-state index in [1.54, 1.807) is 18.3 Å². The van der Waals surface area contributed by atoms with Crippen LogP contribution in [0.5, 0.6) is 0 Å². The Labute approximate surface area is 162 Å². The average Bonchev–Trinajstić information content (AvgIpc) is 2.69. The highest BCUT2D eigenvalue weighted by Crippen LogP contribution is 2.15. The summed E-state index contributed by atoms with van der Waals surface area (Å²) in [6, 6.07) is 11.5. The van der Waals surface area contributed by atoms with Crippen molar-refractivity contribution in [1.29, 1.82) is 0 Å². The number of halogens is 1. The van der Waals surface area contributed by atoms with E-state index in [4.69, 9.17) is 0 Å². The molecule has 0 bridgehead atoms. The minimum Gasteiger partial charge on any atom is -0.315 e. The predicted octanol–water partition coefficient (Wildman–Crippen LogP) is 3.81. The number of carbonyl (C=O) groups excluding carboxylic acids is 1. The van der Waals surface area contributed by atoms with Crippen molar-refractivity contribution in [2.45, 2.75) is 33.2 Å². The molecule has 144 valence electrons. The molecule has 0 aliphatic heterocycles. The first-order chi connectivity index (χ1) is 13.5. The van der Waals surface area contributed by atoms with Crippen LogP contribution in [-0.4, -0.2) is 15.5 Å². The highest BCUT2D eigenvalue weighted by Gasteiger charge is 2.09. The van der Waals surface area contributed by atoms with Crippen molar-refractivity contribution in [3.63, 3.8) is 0 Å². The number of hydrogen-bond donors (Lipinski definition) is 1. The van der Waals surface area contributed by atoms with Gasteiger partial charge in [-0.1, -0.05) is 19.1 Å². The highest BCUT2D eigenvalue weighted by atomic mass is 19.1. The van der Waals surface area contributed by atoms with Gasteiger partial charge >= 0.3 is 0 Å². The summed E-state index contributed by atoms with van der Waals surface area (Å²) in [5.41, 5.74) is 3.01. The molecule has 1 aromatic carbocycles. The van der Waals surface area contributed by atoms with E-state index in [2.05, 4.69) is 10.3 Å². The van der Waals surface area contributed by atoms with Gasteiger partial charge in [0.15, 0.2) is 0 Å². The van der Waals surface area contributed by atoms with Gasteiger partial charge in [-0.2, -0.15) is 0 Å². The molecule has 1 N–H and O–H groups in total. The van der Waals surface area contributed by atoms with Gasteiger partial charge < -0.3 is 9.88 Å². The smallest absolute Gasteiger partial charge is 0.258 e. The molecular weight excluding hydrogens is 357 g/mol. The Balaban J connectivity index is 1.70. The molecular formula is C22H22FN3O2. The molecule has 0 saturated heterocycles. The van der Waals surface area contributed by atoms with Gasteiger partial charge in [0.1, 0.15) is 11.6 Å².